The molecule has 7 heteroatoms. The summed E-state index contributed by atoms with van der Waals surface area (Å²) >= 11 is 1.28. The maximum Gasteiger partial charge on any atom is 0.236 e. The van der Waals surface area contributed by atoms with Crippen molar-refractivity contribution in [1.29, 1.82) is 0 Å². The van der Waals surface area contributed by atoms with Gasteiger partial charge in [-0.15, -0.1) is 15.3 Å². The van der Waals surface area contributed by atoms with E-state index >= 15 is 0 Å². The van der Waals surface area contributed by atoms with Crippen molar-refractivity contribution in [3.63, 3.8) is 0 Å². The first kappa shape index (κ1) is 10.2. The molecule has 0 amide bonds. The molecule has 2 aromatic heterocycles. The van der Waals surface area contributed by atoms with Crippen LogP contribution in [0.25, 0.3) is 4.96 Å². The molecular weight excluding hydrogens is 241 g/mol. The van der Waals surface area contributed by atoms with Gasteiger partial charge in [0.2, 0.25) is 10.1 Å². The first-order chi connectivity index (χ1) is 8.22. The van der Waals surface area contributed by atoms with E-state index < -0.39 is 0 Å². The SMILES string of the molecule is Nc1nn2c(Cc3ccc(F)cc3)nnc2s1. The van der Waals surface area contributed by atoms with Crippen LogP contribution in [0.1, 0.15) is 11.4 Å². The first-order valence-electron chi connectivity index (χ1n) is 4.93. The van der Waals surface area contributed by atoms with Crippen molar-refractivity contribution >= 4 is 21.4 Å². The van der Waals surface area contributed by atoms with Gasteiger partial charge in [-0.3, -0.25) is 0 Å². The number of halogens is 1. The van der Waals surface area contributed by atoms with Crippen molar-refractivity contribution in [2.24, 2.45) is 0 Å². The van der Waals surface area contributed by atoms with Crippen LogP contribution >= 0.6 is 11.3 Å². The Balaban J connectivity index is 1.96. The Morgan fingerprint density at radius 1 is 1.24 bits per heavy atom. The molecule has 0 aliphatic rings. The number of nitrogens with two attached hydrogens (primary N) is 1. The van der Waals surface area contributed by atoms with Gasteiger partial charge >= 0.3 is 0 Å². The third-order valence-electron chi connectivity index (χ3n) is 2.35. The van der Waals surface area contributed by atoms with Gasteiger partial charge < -0.3 is 5.73 Å². The topological polar surface area (TPSA) is 69.1 Å². The van der Waals surface area contributed by atoms with E-state index in [1.165, 1.54) is 23.5 Å². The van der Waals surface area contributed by atoms with Gasteiger partial charge in [0.25, 0.3) is 0 Å². The van der Waals surface area contributed by atoms with E-state index in [2.05, 4.69) is 15.3 Å². The summed E-state index contributed by atoms with van der Waals surface area (Å²) in [4.78, 5) is 0.666. The van der Waals surface area contributed by atoms with Gasteiger partial charge in [-0.05, 0) is 17.7 Å². The predicted molar refractivity (Wildman–Crippen MR) is 62.3 cm³/mol. The zero-order valence-electron chi connectivity index (χ0n) is 8.67. The van der Waals surface area contributed by atoms with Crippen molar-refractivity contribution in [1.82, 2.24) is 19.8 Å². The molecule has 2 N–H and O–H groups in total. The molecule has 3 aromatic rings. The first-order valence-corrected chi connectivity index (χ1v) is 5.75. The van der Waals surface area contributed by atoms with Crippen molar-refractivity contribution in [3.05, 3.63) is 41.5 Å². The Kier molecular flexibility index (Phi) is 2.25. The van der Waals surface area contributed by atoms with E-state index in [-0.39, 0.29) is 5.82 Å². The van der Waals surface area contributed by atoms with Crippen LogP contribution in [0, 0.1) is 5.82 Å². The van der Waals surface area contributed by atoms with Gasteiger partial charge in [-0.1, -0.05) is 23.5 Å². The number of benzene rings is 1. The summed E-state index contributed by atoms with van der Waals surface area (Å²) < 4.78 is 14.4. The van der Waals surface area contributed by atoms with Gasteiger partial charge in [-0.2, -0.15) is 4.52 Å². The number of hydrogen-bond donors (Lipinski definition) is 1. The lowest BCUT2D eigenvalue weighted by atomic mass is 10.1. The third kappa shape index (κ3) is 1.84. The lowest BCUT2D eigenvalue weighted by Gasteiger charge is -1.97. The van der Waals surface area contributed by atoms with Crippen LogP contribution in [0.3, 0.4) is 0 Å². The lowest BCUT2D eigenvalue weighted by molar-refractivity contribution is 0.627. The zero-order valence-corrected chi connectivity index (χ0v) is 9.49. The second kappa shape index (κ2) is 3.77. The van der Waals surface area contributed by atoms with Gasteiger partial charge in [0.1, 0.15) is 5.82 Å². The van der Waals surface area contributed by atoms with Crippen LogP contribution < -0.4 is 5.73 Å². The summed E-state index contributed by atoms with van der Waals surface area (Å²) in [5.74, 6) is 0.442. The fourth-order valence-electron chi connectivity index (χ4n) is 1.57. The minimum absolute atomic E-state index is 0.252. The van der Waals surface area contributed by atoms with Gasteiger partial charge in [-0.25, -0.2) is 4.39 Å². The molecule has 0 aliphatic heterocycles. The Morgan fingerprint density at radius 3 is 2.76 bits per heavy atom. The van der Waals surface area contributed by atoms with E-state index in [1.54, 1.807) is 16.6 Å². The monoisotopic (exact) mass is 249 g/mol. The highest BCUT2D eigenvalue weighted by molar-refractivity contribution is 7.20. The van der Waals surface area contributed by atoms with E-state index in [0.717, 1.165) is 5.56 Å². The largest absolute Gasteiger partial charge is 0.374 e. The second-order valence-corrected chi connectivity index (χ2v) is 4.54. The Labute approximate surface area is 99.7 Å². The van der Waals surface area contributed by atoms with E-state index in [0.29, 0.717) is 22.3 Å². The van der Waals surface area contributed by atoms with E-state index in [4.69, 9.17) is 5.73 Å². The summed E-state index contributed by atoms with van der Waals surface area (Å²) in [5, 5.41) is 12.5. The molecule has 0 unspecified atom stereocenters. The van der Waals surface area contributed by atoms with Crippen molar-refractivity contribution in [2.75, 3.05) is 5.73 Å². The van der Waals surface area contributed by atoms with Crippen LogP contribution in [0.15, 0.2) is 24.3 Å². The summed E-state index contributed by atoms with van der Waals surface area (Å²) in [6.45, 7) is 0. The number of nitrogens with zero attached hydrogens (tertiary/aromatic N) is 4. The number of nitrogen functional groups attached to an aromatic ring is 1. The molecule has 0 fully saturated rings. The van der Waals surface area contributed by atoms with Crippen molar-refractivity contribution in [3.8, 4) is 0 Å². The minimum Gasteiger partial charge on any atom is -0.374 e. The summed E-state index contributed by atoms with van der Waals surface area (Å²) in [7, 11) is 0. The Hall–Kier alpha value is -2.02. The van der Waals surface area contributed by atoms with Crippen molar-refractivity contribution < 1.29 is 4.39 Å². The van der Waals surface area contributed by atoms with Crippen LogP contribution in [0.4, 0.5) is 9.52 Å². The molecule has 0 saturated heterocycles. The molecule has 86 valence electrons. The zero-order chi connectivity index (χ0) is 11.8. The standard InChI is InChI=1S/C10H8FN5S/c11-7-3-1-6(2-4-7)5-8-13-14-10-16(8)15-9(12)17-10/h1-4H,5H2,(H2,12,15). The molecule has 5 nitrogen and oxygen atoms in total. The predicted octanol–water partition coefficient (Wildman–Crippen LogP) is 1.50. The summed E-state index contributed by atoms with van der Waals surface area (Å²) in [6, 6.07) is 6.27. The highest BCUT2D eigenvalue weighted by atomic mass is 32.1. The molecule has 0 spiro atoms. The van der Waals surface area contributed by atoms with E-state index in [9.17, 15) is 4.39 Å². The Bertz CT molecular complexity index is 657. The van der Waals surface area contributed by atoms with Crippen LogP contribution in [-0.4, -0.2) is 19.8 Å². The molecular formula is C10H8FN5S. The number of anilines is 1. The minimum atomic E-state index is -0.252. The highest BCUT2D eigenvalue weighted by Crippen LogP contribution is 2.17. The third-order valence-corrected chi connectivity index (χ3v) is 3.07. The quantitative estimate of drug-likeness (QED) is 0.747. The molecule has 0 saturated carbocycles. The maximum atomic E-state index is 12.8. The average Bonchev–Trinajstić information content (AvgIpc) is 2.83. The number of aromatic nitrogens is 4. The number of fused-ring (bicyclic) bond motifs is 1. The maximum absolute atomic E-state index is 12.8. The molecule has 0 bridgehead atoms. The van der Waals surface area contributed by atoms with Gasteiger partial charge in [0.15, 0.2) is 5.82 Å². The number of hydrogen-bond acceptors (Lipinski definition) is 5. The molecule has 0 atom stereocenters. The van der Waals surface area contributed by atoms with Gasteiger partial charge in [0, 0.05) is 6.42 Å². The lowest BCUT2D eigenvalue weighted by Crippen LogP contribution is -1.98. The normalized spacial score (nSPS) is 11.1. The molecule has 2 heterocycles. The Morgan fingerprint density at radius 2 is 2.00 bits per heavy atom. The van der Waals surface area contributed by atoms with Crippen LogP contribution in [0.5, 0.6) is 0 Å². The summed E-state index contributed by atoms with van der Waals surface area (Å²) in [5.41, 5.74) is 6.54. The average molecular weight is 249 g/mol. The fraction of sp³-hybridized carbons (Fsp3) is 0.100. The molecule has 1 aromatic carbocycles. The smallest absolute Gasteiger partial charge is 0.236 e. The van der Waals surface area contributed by atoms with E-state index in [1.807, 2.05) is 0 Å². The number of rotatable bonds is 2. The molecule has 3 rings (SSSR count). The highest BCUT2D eigenvalue weighted by Gasteiger charge is 2.10. The van der Waals surface area contributed by atoms with Gasteiger partial charge in [0.05, 0.1) is 0 Å². The second-order valence-electron chi connectivity index (χ2n) is 3.55. The van der Waals surface area contributed by atoms with Crippen LogP contribution in [-0.2, 0) is 6.42 Å². The molecule has 0 aliphatic carbocycles. The molecule has 17 heavy (non-hydrogen) atoms. The van der Waals surface area contributed by atoms with Crippen molar-refractivity contribution in [2.45, 2.75) is 6.42 Å². The summed E-state index contributed by atoms with van der Waals surface area (Å²) in [6.07, 6.45) is 0.546. The fourth-order valence-corrected chi connectivity index (χ4v) is 2.19. The molecule has 0 radical (unpaired) electrons. The van der Waals surface area contributed by atoms with Crippen LogP contribution in [0.2, 0.25) is 0 Å².